The van der Waals surface area contributed by atoms with Gasteiger partial charge in [0, 0.05) is 4.47 Å². The minimum absolute atomic E-state index is 0.0575. The molecule has 0 aliphatic rings. The monoisotopic (exact) mass is 354 g/mol. The first-order valence-electron chi connectivity index (χ1n) is 4.91. The van der Waals surface area contributed by atoms with Crippen molar-refractivity contribution in [3.05, 3.63) is 27.4 Å². The number of carbonyl (C=O) groups excluding carboxylic acids is 1. The lowest BCUT2D eigenvalue weighted by atomic mass is 10.3. The molecule has 2 amide bonds. The highest BCUT2D eigenvalue weighted by molar-refractivity contribution is 9.10. The molecule has 0 bridgehead atoms. The number of hydrogen-bond acceptors (Lipinski definition) is 3. The molecule has 4 N–H and O–H groups in total. The molecule has 0 radical (unpaired) electrons. The minimum Gasteiger partial charge on any atom is -0.480 e. The van der Waals surface area contributed by atoms with Gasteiger partial charge in [0.2, 0.25) is 0 Å². The number of halogens is 3. The van der Waals surface area contributed by atoms with Crippen LogP contribution in [0.25, 0.3) is 0 Å². The summed E-state index contributed by atoms with van der Waals surface area (Å²) in [6, 6.07) is -0.265. The van der Waals surface area contributed by atoms with Crippen LogP contribution in [-0.2, 0) is 4.79 Å². The number of nitrogens with one attached hydrogen (secondary N) is 2. The number of aliphatic hydroxyl groups is 1. The Morgan fingerprint density at radius 2 is 2.11 bits per heavy atom. The summed E-state index contributed by atoms with van der Waals surface area (Å²) in [4.78, 5) is 22.1. The molecule has 0 saturated carbocycles. The second kappa shape index (κ2) is 6.69. The number of carboxylic acid groups (broad SMARTS) is 1. The highest BCUT2D eigenvalue weighted by atomic mass is 79.9. The lowest BCUT2D eigenvalue weighted by molar-refractivity contribution is -0.140. The van der Waals surface area contributed by atoms with Crippen molar-refractivity contribution in [1.29, 1.82) is 0 Å². The summed E-state index contributed by atoms with van der Waals surface area (Å²) >= 11 is 8.74. The molecule has 6 nitrogen and oxygen atoms in total. The first-order valence-corrected chi connectivity index (χ1v) is 6.08. The van der Waals surface area contributed by atoms with E-state index in [1.165, 1.54) is 0 Å². The van der Waals surface area contributed by atoms with E-state index in [1.54, 1.807) is 0 Å². The van der Waals surface area contributed by atoms with Gasteiger partial charge in [-0.05, 0) is 28.1 Å². The van der Waals surface area contributed by atoms with E-state index in [0.29, 0.717) is 0 Å². The Morgan fingerprint density at radius 3 is 2.58 bits per heavy atom. The molecule has 1 aromatic rings. The quantitative estimate of drug-likeness (QED) is 0.662. The van der Waals surface area contributed by atoms with E-state index in [9.17, 15) is 14.0 Å². The molecular formula is C10H9BrClFN2O4. The molecule has 0 aliphatic carbocycles. The van der Waals surface area contributed by atoms with Gasteiger partial charge < -0.3 is 20.8 Å². The standard InChI is InChI=1S/C10H9BrClFN2O4/c11-5-1-4(13)2-6(12)8(5)15-10(19)14-7(3-16)9(17)18/h1-2,7,16H,3H2,(H,17,18)(H2,14,15,19). The number of rotatable bonds is 4. The molecule has 0 aromatic heterocycles. The van der Waals surface area contributed by atoms with Gasteiger partial charge in [0.1, 0.15) is 5.82 Å². The van der Waals surface area contributed by atoms with Crippen molar-refractivity contribution < 1.29 is 24.2 Å². The summed E-state index contributed by atoms with van der Waals surface area (Å²) in [5.41, 5.74) is 0.0858. The van der Waals surface area contributed by atoms with Crippen LogP contribution in [0.4, 0.5) is 14.9 Å². The number of amides is 2. The van der Waals surface area contributed by atoms with Crippen LogP contribution in [0.2, 0.25) is 5.02 Å². The van der Waals surface area contributed by atoms with E-state index in [2.05, 4.69) is 21.2 Å². The number of urea groups is 1. The van der Waals surface area contributed by atoms with Crippen molar-refractivity contribution in [2.24, 2.45) is 0 Å². The third-order valence-corrected chi connectivity index (χ3v) is 2.95. The van der Waals surface area contributed by atoms with Gasteiger partial charge >= 0.3 is 12.0 Å². The molecule has 1 atom stereocenters. The van der Waals surface area contributed by atoms with Gasteiger partial charge in [0.05, 0.1) is 17.3 Å². The Bertz CT molecular complexity index is 491. The first kappa shape index (κ1) is 15.7. The van der Waals surface area contributed by atoms with Gasteiger partial charge in [-0.1, -0.05) is 11.6 Å². The summed E-state index contributed by atoms with van der Waals surface area (Å²) < 4.78 is 13.2. The zero-order valence-electron chi connectivity index (χ0n) is 9.28. The van der Waals surface area contributed by atoms with Gasteiger partial charge in [-0.3, -0.25) is 0 Å². The second-order valence-electron chi connectivity index (χ2n) is 3.42. The molecule has 19 heavy (non-hydrogen) atoms. The van der Waals surface area contributed by atoms with Crippen molar-refractivity contribution >= 4 is 45.2 Å². The van der Waals surface area contributed by atoms with Crippen LogP contribution in [0.5, 0.6) is 0 Å². The highest BCUT2D eigenvalue weighted by Crippen LogP contribution is 2.31. The van der Waals surface area contributed by atoms with Gasteiger partial charge in [-0.15, -0.1) is 0 Å². The van der Waals surface area contributed by atoms with E-state index in [4.69, 9.17) is 21.8 Å². The fraction of sp³-hybridized carbons (Fsp3) is 0.200. The minimum atomic E-state index is -1.45. The van der Waals surface area contributed by atoms with Crippen molar-refractivity contribution in [2.45, 2.75) is 6.04 Å². The third kappa shape index (κ3) is 4.34. The van der Waals surface area contributed by atoms with Crippen LogP contribution in [0, 0.1) is 5.82 Å². The Balaban J connectivity index is 2.80. The Hall–Kier alpha value is -1.38. The molecule has 0 aliphatic heterocycles. The van der Waals surface area contributed by atoms with Gasteiger partial charge in [0.25, 0.3) is 0 Å². The SMILES string of the molecule is O=C(Nc1c(Cl)cc(F)cc1Br)NC(CO)C(=O)O. The lowest BCUT2D eigenvalue weighted by Gasteiger charge is -2.14. The molecule has 1 aromatic carbocycles. The highest BCUT2D eigenvalue weighted by Gasteiger charge is 2.19. The number of carbonyl (C=O) groups is 2. The fourth-order valence-electron chi connectivity index (χ4n) is 1.15. The Kier molecular flexibility index (Phi) is 5.52. The number of benzene rings is 1. The van der Waals surface area contributed by atoms with Crippen LogP contribution >= 0.6 is 27.5 Å². The molecule has 1 rings (SSSR count). The molecule has 104 valence electrons. The summed E-state index contributed by atoms with van der Waals surface area (Å²) in [5, 5.41) is 21.6. The van der Waals surface area contributed by atoms with Gasteiger partial charge in [-0.2, -0.15) is 0 Å². The molecule has 9 heteroatoms. The average molecular weight is 356 g/mol. The van der Waals surface area contributed by atoms with Crippen LogP contribution < -0.4 is 10.6 Å². The lowest BCUT2D eigenvalue weighted by Crippen LogP contribution is -2.45. The van der Waals surface area contributed by atoms with Crippen molar-refractivity contribution in [3.8, 4) is 0 Å². The van der Waals surface area contributed by atoms with E-state index in [1.807, 2.05) is 5.32 Å². The number of aliphatic hydroxyl groups excluding tert-OH is 1. The van der Waals surface area contributed by atoms with Crippen molar-refractivity contribution in [1.82, 2.24) is 5.32 Å². The van der Waals surface area contributed by atoms with E-state index in [0.717, 1.165) is 12.1 Å². The first-order chi connectivity index (χ1) is 8.85. The third-order valence-electron chi connectivity index (χ3n) is 2.03. The number of anilines is 1. The average Bonchev–Trinajstić information content (AvgIpc) is 2.30. The number of aliphatic carboxylic acids is 1. The van der Waals surface area contributed by atoms with E-state index < -0.39 is 30.5 Å². The van der Waals surface area contributed by atoms with Crippen LogP contribution in [0.3, 0.4) is 0 Å². The summed E-state index contributed by atoms with van der Waals surface area (Å²) in [7, 11) is 0. The van der Waals surface area contributed by atoms with Crippen molar-refractivity contribution in [2.75, 3.05) is 11.9 Å². The fourth-order valence-corrected chi connectivity index (χ4v) is 2.05. The van der Waals surface area contributed by atoms with Crippen LogP contribution in [-0.4, -0.2) is 34.9 Å². The van der Waals surface area contributed by atoms with Crippen molar-refractivity contribution in [3.63, 3.8) is 0 Å². The molecule has 0 fully saturated rings. The Morgan fingerprint density at radius 1 is 1.47 bits per heavy atom. The second-order valence-corrected chi connectivity index (χ2v) is 4.68. The predicted octanol–water partition coefficient (Wildman–Crippen LogP) is 1.81. The summed E-state index contributed by atoms with van der Waals surface area (Å²) in [6.07, 6.45) is 0. The van der Waals surface area contributed by atoms with E-state index >= 15 is 0 Å². The maximum Gasteiger partial charge on any atom is 0.328 e. The predicted molar refractivity (Wildman–Crippen MR) is 69.8 cm³/mol. The van der Waals surface area contributed by atoms with Gasteiger partial charge in [-0.25, -0.2) is 14.0 Å². The molecule has 0 heterocycles. The smallest absolute Gasteiger partial charge is 0.328 e. The maximum absolute atomic E-state index is 13.0. The largest absolute Gasteiger partial charge is 0.480 e. The van der Waals surface area contributed by atoms with Gasteiger partial charge in [0.15, 0.2) is 6.04 Å². The molecular weight excluding hydrogens is 346 g/mol. The number of carboxylic acids is 1. The molecule has 0 saturated heterocycles. The van der Waals surface area contributed by atoms with E-state index in [-0.39, 0.29) is 15.2 Å². The van der Waals surface area contributed by atoms with Crippen LogP contribution in [0.15, 0.2) is 16.6 Å². The molecule has 0 spiro atoms. The zero-order valence-corrected chi connectivity index (χ0v) is 11.6. The summed E-state index contributed by atoms with van der Waals surface area (Å²) in [5.74, 6) is -1.98. The summed E-state index contributed by atoms with van der Waals surface area (Å²) in [6.45, 7) is -0.763. The molecule has 1 unspecified atom stereocenters. The van der Waals surface area contributed by atoms with Crippen LogP contribution in [0.1, 0.15) is 0 Å². The topological polar surface area (TPSA) is 98.7 Å². The normalized spacial score (nSPS) is 11.8. The number of hydrogen-bond donors (Lipinski definition) is 4. The Labute approximate surface area is 120 Å². The maximum atomic E-state index is 13.0. The zero-order chi connectivity index (χ0) is 14.6.